The van der Waals surface area contributed by atoms with Crippen molar-refractivity contribution >= 4 is 17.7 Å². The predicted octanol–water partition coefficient (Wildman–Crippen LogP) is 4.16. The van der Waals surface area contributed by atoms with Crippen LogP contribution in [0.2, 0.25) is 0 Å². The molecule has 0 aliphatic carbocycles. The topological polar surface area (TPSA) is 70.7 Å². The molecule has 0 saturated carbocycles. The summed E-state index contributed by atoms with van der Waals surface area (Å²) in [4.78, 5) is 26.1. The van der Waals surface area contributed by atoms with Crippen molar-refractivity contribution in [2.24, 2.45) is 5.92 Å². The third-order valence-electron chi connectivity index (χ3n) is 4.63. The van der Waals surface area contributed by atoms with E-state index >= 15 is 0 Å². The van der Waals surface area contributed by atoms with Gasteiger partial charge in [-0.25, -0.2) is 4.79 Å². The highest BCUT2D eigenvalue weighted by atomic mass is 16.6. The number of ether oxygens (including phenoxy) is 1. The molecule has 28 heavy (non-hydrogen) atoms. The molecule has 0 bridgehead atoms. The van der Waals surface area contributed by atoms with Gasteiger partial charge in [-0.3, -0.25) is 9.69 Å². The molecule has 156 valence electrons. The van der Waals surface area contributed by atoms with Crippen molar-refractivity contribution in [2.45, 2.75) is 65.5 Å². The molecule has 1 aromatic carbocycles. The monoisotopic (exact) mass is 389 g/mol. The fourth-order valence-electron chi connectivity index (χ4n) is 3.36. The van der Waals surface area contributed by atoms with Gasteiger partial charge in [-0.2, -0.15) is 0 Å². The SMILES string of the molecule is CC1CCCN(Cc2ccc(NC(=O)CCCNC(=O)OC(C)(C)C)cc2)C1. The second-order valence-corrected chi connectivity index (χ2v) is 8.76. The Morgan fingerprint density at radius 1 is 1.21 bits per heavy atom. The number of carbonyl (C=O) groups is 2. The van der Waals surface area contributed by atoms with Crippen LogP contribution in [0.5, 0.6) is 0 Å². The fourth-order valence-corrected chi connectivity index (χ4v) is 3.36. The van der Waals surface area contributed by atoms with Crippen LogP contribution in [0.25, 0.3) is 0 Å². The van der Waals surface area contributed by atoms with Crippen molar-refractivity contribution in [2.75, 3.05) is 25.0 Å². The molecule has 1 saturated heterocycles. The molecule has 0 aromatic heterocycles. The number of hydrogen-bond acceptors (Lipinski definition) is 4. The summed E-state index contributed by atoms with van der Waals surface area (Å²) in [6.07, 6.45) is 3.07. The standard InChI is InChI=1S/C22H35N3O3/c1-17-7-6-14-25(15-17)16-18-9-11-19(12-10-18)24-20(26)8-5-13-23-21(27)28-22(2,3)4/h9-12,17H,5-8,13-16H2,1-4H3,(H,23,27)(H,24,26). The number of carbonyl (C=O) groups excluding carboxylic acids is 2. The second kappa shape index (κ2) is 10.5. The largest absolute Gasteiger partial charge is 0.444 e. The molecule has 0 spiro atoms. The van der Waals surface area contributed by atoms with Crippen molar-refractivity contribution in [1.29, 1.82) is 0 Å². The first kappa shape index (κ1) is 22.2. The van der Waals surface area contributed by atoms with E-state index in [4.69, 9.17) is 4.74 Å². The fraction of sp³-hybridized carbons (Fsp3) is 0.636. The highest BCUT2D eigenvalue weighted by Gasteiger charge is 2.17. The molecule has 6 nitrogen and oxygen atoms in total. The van der Waals surface area contributed by atoms with Crippen LogP contribution < -0.4 is 10.6 Å². The Hall–Kier alpha value is -2.08. The molecular weight excluding hydrogens is 354 g/mol. The van der Waals surface area contributed by atoms with E-state index in [0.717, 1.165) is 24.7 Å². The molecular formula is C22H35N3O3. The van der Waals surface area contributed by atoms with Crippen LogP contribution >= 0.6 is 0 Å². The van der Waals surface area contributed by atoms with Gasteiger partial charge in [0.05, 0.1) is 0 Å². The number of likely N-dealkylation sites (tertiary alicyclic amines) is 1. The van der Waals surface area contributed by atoms with Gasteiger partial charge < -0.3 is 15.4 Å². The van der Waals surface area contributed by atoms with Gasteiger partial charge in [0.1, 0.15) is 5.60 Å². The molecule has 1 fully saturated rings. The molecule has 6 heteroatoms. The number of benzene rings is 1. The number of rotatable bonds is 7. The number of nitrogens with one attached hydrogen (secondary N) is 2. The van der Waals surface area contributed by atoms with Gasteiger partial charge in [0.2, 0.25) is 5.91 Å². The average molecular weight is 390 g/mol. The molecule has 2 rings (SSSR count). The Bertz CT molecular complexity index is 637. The maximum atomic E-state index is 12.1. The summed E-state index contributed by atoms with van der Waals surface area (Å²) in [6, 6.07) is 8.08. The van der Waals surface area contributed by atoms with E-state index in [1.807, 2.05) is 32.9 Å². The molecule has 2 N–H and O–H groups in total. The van der Waals surface area contributed by atoms with Crippen molar-refractivity contribution in [3.63, 3.8) is 0 Å². The van der Waals surface area contributed by atoms with Crippen LogP contribution in [0.15, 0.2) is 24.3 Å². The summed E-state index contributed by atoms with van der Waals surface area (Å²) >= 11 is 0. The molecule has 0 radical (unpaired) electrons. The van der Waals surface area contributed by atoms with Crippen LogP contribution in [0.1, 0.15) is 58.9 Å². The summed E-state index contributed by atoms with van der Waals surface area (Å²) in [5, 5.41) is 5.57. The lowest BCUT2D eigenvalue weighted by Gasteiger charge is -2.30. The van der Waals surface area contributed by atoms with Gasteiger partial charge >= 0.3 is 6.09 Å². The number of amides is 2. The average Bonchev–Trinajstić information content (AvgIpc) is 2.59. The van der Waals surface area contributed by atoms with Gasteiger partial charge in [-0.1, -0.05) is 19.1 Å². The molecule has 1 heterocycles. The third kappa shape index (κ3) is 8.74. The van der Waals surface area contributed by atoms with Crippen molar-refractivity contribution in [3.05, 3.63) is 29.8 Å². The number of nitrogens with zero attached hydrogens (tertiary/aromatic N) is 1. The Morgan fingerprint density at radius 2 is 1.93 bits per heavy atom. The minimum atomic E-state index is -0.514. The molecule has 1 aromatic rings. The molecule has 1 aliphatic heterocycles. The van der Waals surface area contributed by atoms with Crippen LogP contribution in [-0.4, -0.2) is 42.1 Å². The normalized spacial score (nSPS) is 17.8. The zero-order chi connectivity index (χ0) is 20.6. The summed E-state index contributed by atoms with van der Waals surface area (Å²) in [6.45, 7) is 11.5. The van der Waals surface area contributed by atoms with Gasteiger partial charge in [-0.05, 0) is 70.2 Å². The van der Waals surface area contributed by atoms with Crippen molar-refractivity contribution in [1.82, 2.24) is 10.2 Å². The lowest BCUT2D eigenvalue weighted by molar-refractivity contribution is -0.116. The summed E-state index contributed by atoms with van der Waals surface area (Å²) in [5.74, 6) is 0.723. The van der Waals surface area contributed by atoms with E-state index in [0.29, 0.717) is 19.4 Å². The maximum Gasteiger partial charge on any atom is 0.407 e. The summed E-state index contributed by atoms with van der Waals surface area (Å²) in [7, 11) is 0. The zero-order valence-electron chi connectivity index (χ0n) is 17.7. The molecule has 1 atom stereocenters. The lowest BCUT2D eigenvalue weighted by atomic mass is 10.00. The lowest BCUT2D eigenvalue weighted by Crippen LogP contribution is -2.33. The van der Waals surface area contributed by atoms with Gasteiger partial charge in [0, 0.05) is 31.7 Å². The van der Waals surface area contributed by atoms with Gasteiger partial charge in [0.15, 0.2) is 0 Å². The highest BCUT2D eigenvalue weighted by molar-refractivity contribution is 5.90. The Balaban J connectivity index is 1.66. The number of anilines is 1. The highest BCUT2D eigenvalue weighted by Crippen LogP contribution is 2.19. The second-order valence-electron chi connectivity index (χ2n) is 8.76. The first-order chi connectivity index (χ1) is 13.2. The van der Waals surface area contributed by atoms with E-state index in [1.165, 1.54) is 24.9 Å². The Morgan fingerprint density at radius 3 is 2.57 bits per heavy atom. The minimum absolute atomic E-state index is 0.0522. The van der Waals surface area contributed by atoms with E-state index in [1.54, 1.807) is 0 Å². The summed E-state index contributed by atoms with van der Waals surface area (Å²) in [5.41, 5.74) is 1.56. The van der Waals surface area contributed by atoms with Crippen LogP contribution in [0.4, 0.5) is 10.5 Å². The molecule has 1 aliphatic rings. The van der Waals surface area contributed by atoms with E-state index in [2.05, 4.69) is 34.6 Å². The minimum Gasteiger partial charge on any atom is -0.444 e. The molecule has 2 amide bonds. The van der Waals surface area contributed by atoms with Gasteiger partial charge in [-0.15, -0.1) is 0 Å². The van der Waals surface area contributed by atoms with Crippen molar-refractivity contribution < 1.29 is 14.3 Å². The number of hydrogen-bond donors (Lipinski definition) is 2. The van der Waals surface area contributed by atoms with Crippen molar-refractivity contribution in [3.8, 4) is 0 Å². The summed E-state index contributed by atoms with van der Waals surface area (Å²) < 4.78 is 5.16. The number of piperidine rings is 1. The maximum absolute atomic E-state index is 12.1. The van der Waals surface area contributed by atoms with E-state index in [9.17, 15) is 9.59 Å². The first-order valence-corrected chi connectivity index (χ1v) is 10.3. The van der Waals surface area contributed by atoms with Gasteiger partial charge in [0.25, 0.3) is 0 Å². The predicted molar refractivity (Wildman–Crippen MR) is 112 cm³/mol. The number of alkyl carbamates (subject to hydrolysis) is 1. The third-order valence-corrected chi connectivity index (χ3v) is 4.63. The van der Waals surface area contributed by atoms with E-state index in [-0.39, 0.29) is 5.91 Å². The Kier molecular flexibility index (Phi) is 8.30. The smallest absolute Gasteiger partial charge is 0.407 e. The molecule has 1 unspecified atom stereocenters. The quantitative estimate of drug-likeness (QED) is 0.687. The van der Waals surface area contributed by atoms with E-state index < -0.39 is 11.7 Å². The zero-order valence-corrected chi connectivity index (χ0v) is 17.7. The Labute approximate surface area is 169 Å². The van der Waals surface area contributed by atoms with Crippen LogP contribution in [0, 0.1) is 5.92 Å². The van der Waals surface area contributed by atoms with Crippen LogP contribution in [-0.2, 0) is 16.1 Å². The van der Waals surface area contributed by atoms with Crippen LogP contribution in [0.3, 0.4) is 0 Å². The first-order valence-electron chi connectivity index (χ1n) is 10.3.